The summed E-state index contributed by atoms with van der Waals surface area (Å²) in [6.45, 7) is 4.37. The van der Waals surface area contributed by atoms with Gasteiger partial charge in [-0.3, -0.25) is 9.78 Å². The van der Waals surface area contributed by atoms with Crippen LogP contribution >= 0.6 is 0 Å². The molecular formula is C19H24N4O2. The highest BCUT2D eigenvalue weighted by molar-refractivity contribution is 5.81. The highest BCUT2D eigenvalue weighted by Gasteiger charge is 2.38. The number of rotatable bonds is 5. The van der Waals surface area contributed by atoms with Crippen LogP contribution in [0.5, 0.6) is 0 Å². The Balaban J connectivity index is 1.45. The minimum Gasteiger partial charge on any atom is -0.374 e. The number of aryl methyl sites for hydroxylation is 2. The number of aromatic nitrogens is 3. The van der Waals surface area contributed by atoms with Gasteiger partial charge in [0.1, 0.15) is 0 Å². The number of hydrogen-bond acceptors (Lipinski definition) is 4. The number of nitrogens with zero attached hydrogens (tertiary/aromatic N) is 4. The van der Waals surface area contributed by atoms with Crippen molar-refractivity contribution in [3.63, 3.8) is 0 Å². The Morgan fingerprint density at radius 1 is 1.36 bits per heavy atom. The van der Waals surface area contributed by atoms with E-state index in [4.69, 9.17) is 4.74 Å². The first-order chi connectivity index (χ1) is 12.1. The largest absolute Gasteiger partial charge is 0.374 e. The smallest absolute Gasteiger partial charge is 0.226 e. The molecule has 6 heteroatoms. The molecule has 0 radical (unpaired) electrons. The molecule has 1 saturated carbocycles. The summed E-state index contributed by atoms with van der Waals surface area (Å²) in [5.74, 6) is 0.675. The van der Waals surface area contributed by atoms with Crippen LogP contribution in [-0.2, 0) is 29.7 Å². The van der Waals surface area contributed by atoms with Crippen LogP contribution in [0, 0.1) is 12.8 Å². The van der Waals surface area contributed by atoms with Crippen LogP contribution in [0.15, 0.2) is 24.5 Å². The van der Waals surface area contributed by atoms with E-state index in [1.807, 2.05) is 43.4 Å². The number of pyridine rings is 1. The van der Waals surface area contributed by atoms with Gasteiger partial charge in [-0.1, -0.05) is 6.07 Å². The summed E-state index contributed by atoms with van der Waals surface area (Å²) in [5, 5.41) is 0. The zero-order valence-corrected chi connectivity index (χ0v) is 14.8. The van der Waals surface area contributed by atoms with Crippen molar-refractivity contribution in [3.05, 3.63) is 47.3 Å². The fourth-order valence-electron chi connectivity index (χ4n) is 3.61. The van der Waals surface area contributed by atoms with Gasteiger partial charge in [-0.05, 0) is 31.9 Å². The van der Waals surface area contributed by atoms with E-state index >= 15 is 0 Å². The van der Waals surface area contributed by atoms with Gasteiger partial charge in [0.2, 0.25) is 5.91 Å². The molecule has 1 fully saturated rings. The summed E-state index contributed by atoms with van der Waals surface area (Å²) in [4.78, 5) is 23.4. The lowest BCUT2D eigenvalue weighted by molar-refractivity contribution is -0.134. The molecule has 0 N–H and O–H groups in total. The third kappa shape index (κ3) is 3.44. The van der Waals surface area contributed by atoms with Crippen LogP contribution < -0.4 is 0 Å². The van der Waals surface area contributed by atoms with Crippen LogP contribution in [0.3, 0.4) is 0 Å². The summed E-state index contributed by atoms with van der Waals surface area (Å²) in [6, 6.07) is 5.96. The van der Waals surface area contributed by atoms with Gasteiger partial charge in [-0.25, -0.2) is 4.98 Å². The van der Waals surface area contributed by atoms with E-state index in [2.05, 4.69) is 14.5 Å². The number of ether oxygens (including phenoxy) is 1. The summed E-state index contributed by atoms with van der Waals surface area (Å²) in [5.41, 5.74) is 4.13. The van der Waals surface area contributed by atoms with E-state index in [9.17, 15) is 4.79 Å². The van der Waals surface area contributed by atoms with Gasteiger partial charge in [0, 0.05) is 36.8 Å². The molecule has 132 valence electrons. The molecule has 2 aromatic rings. The molecule has 0 bridgehead atoms. The second-order valence-corrected chi connectivity index (χ2v) is 7.16. The van der Waals surface area contributed by atoms with Gasteiger partial charge >= 0.3 is 0 Å². The molecule has 6 nitrogen and oxygen atoms in total. The molecule has 3 heterocycles. The van der Waals surface area contributed by atoms with Gasteiger partial charge in [0.05, 0.1) is 37.5 Å². The third-order valence-electron chi connectivity index (χ3n) is 4.98. The Morgan fingerprint density at radius 3 is 2.96 bits per heavy atom. The molecule has 0 spiro atoms. The molecule has 25 heavy (non-hydrogen) atoms. The highest BCUT2D eigenvalue weighted by Crippen LogP contribution is 2.35. The predicted octanol–water partition coefficient (Wildman–Crippen LogP) is 2.18. The number of carbonyl (C=O) groups excluding carboxylic acids is 1. The van der Waals surface area contributed by atoms with Crippen molar-refractivity contribution in [1.29, 1.82) is 0 Å². The molecule has 0 aromatic carbocycles. The maximum atomic E-state index is 12.5. The van der Waals surface area contributed by atoms with Gasteiger partial charge < -0.3 is 14.2 Å². The van der Waals surface area contributed by atoms with Crippen LogP contribution in [0.4, 0.5) is 0 Å². The lowest BCUT2D eigenvalue weighted by atomic mass is 9.98. The summed E-state index contributed by atoms with van der Waals surface area (Å²) < 4.78 is 8.02. The molecule has 1 amide bonds. The first-order valence-electron chi connectivity index (χ1n) is 8.91. The normalized spacial score (nSPS) is 19.8. The predicted molar refractivity (Wildman–Crippen MR) is 92.7 cm³/mol. The first-order valence-corrected chi connectivity index (χ1v) is 8.91. The minimum absolute atomic E-state index is 0.156. The van der Waals surface area contributed by atoms with E-state index in [-0.39, 0.29) is 17.7 Å². The Labute approximate surface area is 147 Å². The molecule has 2 aromatic heterocycles. The number of carbonyl (C=O) groups is 1. The Morgan fingerprint density at radius 2 is 2.20 bits per heavy atom. The van der Waals surface area contributed by atoms with Crippen molar-refractivity contribution in [3.8, 4) is 0 Å². The monoisotopic (exact) mass is 340 g/mol. The average molecular weight is 340 g/mol. The second-order valence-electron chi connectivity index (χ2n) is 7.16. The van der Waals surface area contributed by atoms with Gasteiger partial charge in [0.15, 0.2) is 0 Å². The molecule has 1 aliphatic carbocycles. The van der Waals surface area contributed by atoms with E-state index in [0.717, 1.165) is 29.9 Å². The van der Waals surface area contributed by atoms with Crippen molar-refractivity contribution in [2.45, 2.75) is 38.8 Å². The van der Waals surface area contributed by atoms with Gasteiger partial charge in [0.25, 0.3) is 0 Å². The number of imidazole rings is 1. The molecule has 2 aliphatic rings. The maximum absolute atomic E-state index is 12.5. The molecule has 1 atom stereocenters. The number of hydrogen-bond donors (Lipinski definition) is 0. The fourth-order valence-corrected chi connectivity index (χ4v) is 3.61. The zero-order valence-electron chi connectivity index (χ0n) is 14.8. The van der Waals surface area contributed by atoms with Crippen LogP contribution in [0.25, 0.3) is 0 Å². The summed E-state index contributed by atoms with van der Waals surface area (Å²) in [7, 11) is 2.01. The molecule has 1 unspecified atom stereocenters. The zero-order chi connectivity index (χ0) is 17.4. The standard InChI is InChI=1S/C19H24N4O2/c1-13-4-3-5-16(21-13)11-25-10-15-8-23(19(24)14-6-7-14)9-17-18(15)22(2)12-20-17/h3-5,12,14-15H,6-11H2,1-2H3. The van der Waals surface area contributed by atoms with Crippen LogP contribution in [0.2, 0.25) is 0 Å². The van der Waals surface area contributed by atoms with Crippen molar-refractivity contribution in [2.24, 2.45) is 13.0 Å². The Bertz CT molecular complexity index is 781. The SMILES string of the molecule is Cc1cccc(COCC2CN(C(=O)C3CC3)Cc3ncn(C)c32)n1. The molecule has 1 aliphatic heterocycles. The quantitative estimate of drug-likeness (QED) is 0.837. The Kier molecular flexibility index (Phi) is 4.29. The minimum atomic E-state index is 0.156. The topological polar surface area (TPSA) is 60.2 Å². The van der Waals surface area contributed by atoms with Gasteiger partial charge in [-0.15, -0.1) is 0 Å². The van der Waals surface area contributed by atoms with Crippen LogP contribution in [0.1, 0.15) is 41.5 Å². The molecule has 0 saturated heterocycles. The second kappa shape index (κ2) is 6.59. The molecular weight excluding hydrogens is 316 g/mol. The van der Waals surface area contributed by atoms with E-state index in [1.165, 1.54) is 5.69 Å². The third-order valence-corrected chi connectivity index (χ3v) is 4.98. The first kappa shape index (κ1) is 16.3. The van der Waals surface area contributed by atoms with E-state index < -0.39 is 0 Å². The van der Waals surface area contributed by atoms with Crippen molar-refractivity contribution < 1.29 is 9.53 Å². The Hall–Kier alpha value is -2.21. The lowest BCUT2D eigenvalue weighted by Gasteiger charge is -2.33. The summed E-state index contributed by atoms with van der Waals surface area (Å²) in [6.07, 6.45) is 3.90. The van der Waals surface area contributed by atoms with Gasteiger partial charge in [-0.2, -0.15) is 0 Å². The van der Waals surface area contributed by atoms with Crippen molar-refractivity contribution >= 4 is 5.91 Å². The van der Waals surface area contributed by atoms with Crippen molar-refractivity contribution in [2.75, 3.05) is 13.2 Å². The number of fused-ring (bicyclic) bond motifs is 1. The number of amides is 1. The summed E-state index contributed by atoms with van der Waals surface area (Å²) >= 11 is 0. The molecule has 4 rings (SSSR count). The maximum Gasteiger partial charge on any atom is 0.226 e. The van der Waals surface area contributed by atoms with E-state index in [1.54, 1.807) is 0 Å². The lowest BCUT2D eigenvalue weighted by Crippen LogP contribution is -2.41. The van der Waals surface area contributed by atoms with E-state index in [0.29, 0.717) is 26.3 Å². The van der Waals surface area contributed by atoms with Crippen molar-refractivity contribution in [1.82, 2.24) is 19.4 Å². The fraction of sp³-hybridized carbons (Fsp3) is 0.526. The van der Waals surface area contributed by atoms with Crippen LogP contribution in [-0.4, -0.2) is 38.5 Å². The average Bonchev–Trinajstić information content (AvgIpc) is 3.38. The highest BCUT2D eigenvalue weighted by atomic mass is 16.5.